The maximum absolute atomic E-state index is 12.5. The number of nitrogens with zero attached hydrogens (tertiary/aromatic N) is 1. The van der Waals surface area contributed by atoms with Crippen LogP contribution in [-0.2, 0) is 23.8 Å². The molecular formula is C16H19NO8S. The zero-order valence-electron chi connectivity index (χ0n) is 14.2. The average molecular weight is 385 g/mol. The van der Waals surface area contributed by atoms with Crippen LogP contribution < -0.4 is 0 Å². The molecule has 1 aromatic carbocycles. The zero-order valence-corrected chi connectivity index (χ0v) is 15.1. The lowest BCUT2D eigenvalue weighted by atomic mass is 10.0. The number of hydrogen-bond acceptors (Lipinski definition) is 9. The van der Waals surface area contributed by atoms with E-state index in [1.165, 1.54) is 24.3 Å². The molecule has 0 saturated carbocycles. The van der Waals surface area contributed by atoms with Crippen molar-refractivity contribution >= 4 is 29.4 Å². The number of carbonyl (C=O) groups is 2. The van der Waals surface area contributed by atoms with Gasteiger partial charge in [0.2, 0.25) is 4.75 Å². The van der Waals surface area contributed by atoms with Crippen molar-refractivity contribution in [2.24, 2.45) is 0 Å². The first-order chi connectivity index (χ1) is 12.4. The number of nitro benzene ring substituents is 1. The van der Waals surface area contributed by atoms with E-state index >= 15 is 0 Å². The van der Waals surface area contributed by atoms with Crippen molar-refractivity contribution in [1.82, 2.24) is 0 Å². The van der Waals surface area contributed by atoms with E-state index in [0.29, 0.717) is 5.56 Å². The molecule has 142 valence electrons. The van der Waals surface area contributed by atoms with E-state index in [1.807, 2.05) is 0 Å². The molecule has 0 bridgehead atoms. The number of benzene rings is 1. The second-order valence-electron chi connectivity index (χ2n) is 5.32. The van der Waals surface area contributed by atoms with Gasteiger partial charge in [-0.1, -0.05) is 11.8 Å². The van der Waals surface area contributed by atoms with Crippen LogP contribution in [0.5, 0.6) is 0 Å². The van der Waals surface area contributed by atoms with Crippen LogP contribution in [-0.4, -0.2) is 52.6 Å². The number of thioether (sulfide) groups is 1. The lowest BCUT2D eigenvalue weighted by Gasteiger charge is -2.39. The quantitative estimate of drug-likeness (QED) is 0.336. The lowest BCUT2D eigenvalue weighted by Crippen LogP contribution is -2.59. The maximum atomic E-state index is 12.5. The van der Waals surface area contributed by atoms with Gasteiger partial charge in [0.15, 0.2) is 0 Å². The smallest absolute Gasteiger partial charge is 0.336 e. The van der Waals surface area contributed by atoms with Crippen LogP contribution in [0, 0.1) is 10.1 Å². The Hall–Kier alpha value is -2.17. The van der Waals surface area contributed by atoms with Crippen LogP contribution in [0.3, 0.4) is 0 Å². The maximum Gasteiger partial charge on any atom is 0.336 e. The Bertz CT molecular complexity index is 659. The SMILES string of the molecule is CCOC(=O)C1(C(=O)OCC)S[C@@H](c2ccc([N+](=O)[O-])cc2)OC[C@@H]1O. The van der Waals surface area contributed by atoms with Crippen LogP contribution in [0.15, 0.2) is 24.3 Å². The van der Waals surface area contributed by atoms with Crippen molar-refractivity contribution in [2.75, 3.05) is 19.8 Å². The number of rotatable bonds is 6. The van der Waals surface area contributed by atoms with E-state index in [-0.39, 0.29) is 25.5 Å². The molecule has 0 aromatic heterocycles. The number of nitro groups is 1. The minimum atomic E-state index is -1.99. The van der Waals surface area contributed by atoms with E-state index in [0.717, 1.165) is 11.8 Å². The molecule has 10 heteroatoms. The van der Waals surface area contributed by atoms with Crippen LogP contribution in [0.25, 0.3) is 0 Å². The van der Waals surface area contributed by atoms with E-state index < -0.39 is 33.1 Å². The third-order valence-corrected chi connectivity index (χ3v) is 5.30. The molecule has 1 saturated heterocycles. The molecule has 1 aliphatic heterocycles. The van der Waals surface area contributed by atoms with Gasteiger partial charge in [0.25, 0.3) is 5.69 Å². The summed E-state index contributed by atoms with van der Waals surface area (Å²) in [6.07, 6.45) is -1.46. The number of non-ortho nitro benzene ring substituents is 1. The third-order valence-electron chi connectivity index (χ3n) is 3.70. The van der Waals surface area contributed by atoms with Crippen molar-refractivity contribution in [3.63, 3.8) is 0 Å². The van der Waals surface area contributed by atoms with Crippen molar-refractivity contribution in [2.45, 2.75) is 30.1 Å². The molecular weight excluding hydrogens is 366 g/mol. The van der Waals surface area contributed by atoms with Gasteiger partial charge in [-0.05, 0) is 31.5 Å². The Balaban J connectivity index is 2.36. The number of carbonyl (C=O) groups excluding carboxylic acids is 2. The van der Waals surface area contributed by atoms with Crippen LogP contribution in [0.1, 0.15) is 24.8 Å². The largest absolute Gasteiger partial charge is 0.464 e. The fourth-order valence-electron chi connectivity index (χ4n) is 2.42. The molecule has 9 nitrogen and oxygen atoms in total. The van der Waals surface area contributed by atoms with Crippen molar-refractivity contribution in [1.29, 1.82) is 0 Å². The molecule has 0 unspecified atom stereocenters. The molecule has 2 atom stereocenters. The number of ether oxygens (including phenoxy) is 3. The Morgan fingerprint density at radius 1 is 1.27 bits per heavy atom. The highest BCUT2D eigenvalue weighted by Gasteiger charge is 2.59. The normalized spacial score (nSPS) is 21.7. The summed E-state index contributed by atoms with van der Waals surface area (Å²) in [6.45, 7) is 2.92. The molecule has 0 amide bonds. The Morgan fingerprint density at radius 2 is 1.81 bits per heavy atom. The number of esters is 2. The van der Waals surface area contributed by atoms with Crippen LogP contribution in [0.2, 0.25) is 0 Å². The van der Waals surface area contributed by atoms with Crippen LogP contribution >= 0.6 is 11.8 Å². The highest BCUT2D eigenvalue weighted by molar-refractivity contribution is 8.02. The number of hydrogen-bond donors (Lipinski definition) is 1. The fourth-order valence-corrected chi connectivity index (χ4v) is 3.74. The lowest BCUT2D eigenvalue weighted by molar-refractivity contribution is -0.384. The molecule has 1 aliphatic rings. The highest BCUT2D eigenvalue weighted by Crippen LogP contribution is 2.47. The van der Waals surface area contributed by atoms with Gasteiger partial charge < -0.3 is 19.3 Å². The van der Waals surface area contributed by atoms with E-state index in [2.05, 4.69) is 0 Å². The summed E-state index contributed by atoms with van der Waals surface area (Å²) in [6, 6.07) is 5.52. The van der Waals surface area contributed by atoms with Gasteiger partial charge in [-0.2, -0.15) is 0 Å². The molecule has 26 heavy (non-hydrogen) atoms. The summed E-state index contributed by atoms with van der Waals surface area (Å²) >= 11 is 0.759. The van der Waals surface area contributed by atoms with Crippen molar-refractivity contribution in [3.8, 4) is 0 Å². The first-order valence-electron chi connectivity index (χ1n) is 7.93. The topological polar surface area (TPSA) is 125 Å². The summed E-state index contributed by atoms with van der Waals surface area (Å²) in [5, 5.41) is 21.1. The second-order valence-corrected chi connectivity index (χ2v) is 6.63. The molecule has 0 radical (unpaired) electrons. The number of aliphatic hydroxyl groups excluding tert-OH is 1. The minimum absolute atomic E-state index is 0.0241. The summed E-state index contributed by atoms with van der Waals surface area (Å²) in [5.74, 6) is -1.82. The van der Waals surface area contributed by atoms with E-state index in [9.17, 15) is 24.8 Å². The average Bonchev–Trinajstić information content (AvgIpc) is 2.62. The molecule has 1 N–H and O–H groups in total. The molecule has 1 heterocycles. The standard InChI is InChI=1S/C16H19NO8S/c1-3-23-14(19)16(15(20)24-4-2)12(18)9-25-13(26-16)10-5-7-11(8-6-10)17(21)22/h5-8,12-13,18H,3-4,9H2,1-2H3/t12-,13-/m0/s1. The molecule has 0 aliphatic carbocycles. The number of aliphatic hydroxyl groups is 1. The molecule has 2 rings (SSSR count). The molecule has 1 fully saturated rings. The summed E-state index contributed by atoms with van der Waals surface area (Å²) in [5.41, 5.74) is -0.407. The van der Waals surface area contributed by atoms with E-state index in [1.54, 1.807) is 13.8 Å². The van der Waals surface area contributed by atoms with Gasteiger partial charge in [-0.15, -0.1) is 0 Å². The summed E-state index contributed by atoms with van der Waals surface area (Å²) < 4.78 is 13.5. The summed E-state index contributed by atoms with van der Waals surface area (Å²) in [7, 11) is 0. The van der Waals surface area contributed by atoms with Gasteiger partial charge in [-0.3, -0.25) is 10.1 Å². The predicted octanol–water partition coefficient (Wildman–Crippen LogP) is 1.58. The van der Waals surface area contributed by atoms with Crippen molar-refractivity contribution in [3.05, 3.63) is 39.9 Å². The third kappa shape index (κ3) is 3.81. The predicted molar refractivity (Wildman–Crippen MR) is 91.4 cm³/mol. The van der Waals surface area contributed by atoms with Gasteiger partial charge in [-0.25, -0.2) is 9.59 Å². The Morgan fingerprint density at radius 3 is 2.27 bits per heavy atom. The first-order valence-corrected chi connectivity index (χ1v) is 8.81. The van der Waals surface area contributed by atoms with Gasteiger partial charge in [0.1, 0.15) is 11.5 Å². The minimum Gasteiger partial charge on any atom is -0.464 e. The van der Waals surface area contributed by atoms with Gasteiger partial charge in [0, 0.05) is 12.1 Å². The first kappa shape index (κ1) is 20.1. The van der Waals surface area contributed by atoms with E-state index in [4.69, 9.17) is 14.2 Å². The van der Waals surface area contributed by atoms with Crippen LogP contribution in [0.4, 0.5) is 5.69 Å². The Kier molecular flexibility index (Phi) is 6.57. The zero-order chi connectivity index (χ0) is 19.3. The second kappa shape index (κ2) is 8.47. The monoisotopic (exact) mass is 385 g/mol. The van der Waals surface area contributed by atoms with Crippen molar-refractivity contribution < 1.29 is 33.8 Å². The van der Waals surface area contributed by atoms with Gasteiger partial charge in [0.05, 0.1) is 24.7 Å². The Labute approximate surface area is 153 Å². The molecule has 1 aromatic rings. The highest BCUT2D eigenvalue weighted by atomic mass is 32.2. The molecule has 0 spiro atoms. The summed E-state index contributed by atoms with van der Waals surface area (Å²) in [4.78, 5) is 35.3. The fraction of sp³-hybridized carbons (Fsp3) is 0.500. The van der Waals surface area contributed by atoms with Gasteiger partial charge >= 0.3 is 11.9 Å².